The van der Waals surface area contributed by atoms with Crippen LogP contribution in [-0.2, 0) is 0 Å². The zero-order chi connectivity index (χ0) is 15.1. The van der Waals surface area contributed by atoms with Gasteiger partial charge in [0.15, 0.2) is 0 Å². The molecule has 0 atom stereocenters. The molecule has 0 saturated carbocycles. The van der Waals surface area contributed by atoms with Crippen LogP contribution in [0.15, 0.2) is 60.7 Å². The number of aryl methyl sites for hydroxylation is 2. The Kier molecular flexibility index (Phi) is 2.86. The molecule has 0 fully saturated rings. The first-order valence-corrected chi connectivity index (χ1v) is 7.43. The number of aromatic nitrogens is 3. The third-order valence-corrected chi connectivity index (χ3v) is 4.06. The van der Waals surface area contributed by atoms with Gasteiger partial charge in [0.25, 0.3) is 0 Å². The summed E-state index contributed by atoms with van der Waals surface area (Å²) in [5, 5.41) is 0. The summed E-state index contributed by atoms with van der Waals surface area (Å²) in [6.45, 7) is 4.25. The van der Waals surface area contributed by atoms with Gasteiger partial charge in [0.2, 0.25) is 0 Å². The fourth-order valence-electron chi connectivity index (χ4n) is 2.93. The molecule has 3 heteroatoms. The summed E-state index contributed by atoms with van der Waals surface area (Å²) in [6, 6.07) is 20.9. The lowest BCUT2D eigenvalue weighted by Crippen LogP contribution is -1.98. The molecular weight excluding hydrogens is 270 g/mol. The van der Waals surface area contributed by atoms with Gasteiger partial charge in [-0.25, -0.2) is 4.98 Å². The Morgan fingerprint density at radius 2 is 1.50 bits per heavy atom. The van der Waals surface area contributed by atoms with Crippen molar-refractivity contribution in [2.45, 2.75) is 13.8 Å². The second kappa shape index (κ2) is 4.88. The first-order valence-electron chi connectivity index (χ1n) is 7.43. The van der Waals surface area contributed by atoms with Crippen molar-refractivity contribution in [3.05, 3.63) is 72.1 Å². The standard InChI is InChI=1S/C19H17N3/c1-13-7-8-14(2)22(13)16-11-9-15(10-12-16)19-20-17-5-3-4-6-18(17)21-19/h3-12H,1-2H3,(H,20,21). The normalized spacial score (nSPS) is 11.2. The number of nitrogens with one attached hydrogen (secondary N) is 1. The first kappa shape index (κ1) is 12.9. The molecule has 108 valence electrons. The zero-order valence-corrected chi connectivity index (χ0v) is 12.7. The molecule has 0 saturated heterocycles. The average Bonchev–Trinajstić information content (AvgIpc) is 3.11. The number of fused-ring (bicyclic) bond motifs is 1. The average molecular weight is 287 g/mol. The minimum Gasteiger partial charge on any atom is -0.338 e. The Balaban J connectivity index is 1.75. The van der Waals surface area contributed by atoms with Crippen LogP contribution in [0, 0.1) is 13.8 Å². The molecule has 0 amide bonds. The summed E-state index contributed by atoms with van der Waals surface area (Å²) in [5.74, 6) is 0.911. The van der Waals surface area contributed by atoms with Crippen molar-refractivity contribution in [2.75, 3.05) is 0 Å². The number of aromatic amines is 1. The molecule has 2 heterocycles. The zero-order valence-electron chi connectivity index (χ0n) is 12.7. The lowest BCUT2D eigenvalue weighted by atomic mass is 10.2. The van der Waals surface area contributed by atoms with Crippen molar-refractivity contribution in [3.63, 3.8) is 0 Å². The van der Waals surface area contributed by atoms with Crippen LogP contribution in [0.3, 0.4) is 0 Å². The minimum atomic E-state index is 0.911. The fraction of sp³-hybridized carbons (Fsp3) is 0.105. The lowest BCUT2D eigenvalue weighted by molar-refractivity contribution is 0.966. The summed E-state index contributed by atoms with van der Waals surface area (Å²) in [7, 11) is 0. The Bertz CT molecular complexity index is 890. The van der Waals surface area contributed by atoms with E-state index < -0.39 is 0 Å². The van der Waals surface area contributed by atoms with Gasteiger partial charge in [0.1, 0.15) is 5.82 Å². The van der Waals surface area contributed by atoms with Gasteiger partial charge >= 0.3 is 0 Å². The van der Waals surface area contributed by atoms with Crippen LogP contribution in [0.1, 0.15) is 11.4 Å². The van der Waals surface area contributed by atoms with Crippen LogP contribution in [-0.4, -0.2) is 14.5 Å². The minimum absolute atomic E-state index is 0.911. The van der Waals surface area contributed by atoms with E-state index in [2.05, 4.69) is 64.8 Å². The highest BCUT2D eigenvalue weighted by molar-refractivity contribution is 5.79. The van der Waals surface area contributed by atoms with E-state index in [0.29, 0.717) is 0 Å². The maximum atomic E-state index is 4.65. The third kappa shape index (κ3) is 2.02. The summed E-state index contributed by atoms with van der Waals surface area (Å²) >= 11 is 0. The van der Waals surface area contributed by atoms with Crippen molar-refractivity contribution in [1.29, 1.82) is 0 Å². The largest absolute Gasteiger partial charge is 0.338 e. The molecule has 0 radical (unpaired) electrons. The highest BCUT2D eigenvalue weighted by atomic mass is 15.0. The van der Waals surface area contributed by atoms with E-state index in [1.165, 1.54) is 17.1 Å². The maximum absolute atomic E-state index is 4.65. The van der Waals surface area contributed by atoms with Gasteiger partial charge in [-0.1, -0.05) is 12.1 Å². The molecular formula is C19H17N3. The topological polar surface area (TPSA) is 33.6 Å². The van der Waals surface area contributed by atoms with E-state index in [1.807, 2.05) is 24.3 Å². The Morgan fingerprint density at radius 3 is 2.18 bits per heavy atom. The number of hydrogen-bond acceptors (Lipinski definition) is 1. The predicted octanol–water partition coefficient (Wildman–Crippen LogP) is 4.64. The molecule has 0 aliphatic heterocycles. The molecule has 0 aliphatic rings. The molecule has 4 aromatic rings. The van der Waals surface area contributed by atoms with E-state index in [0.717, 1.165) is 22.4 Å². The molecule has 2 aromatic carbocycles. The fourth-order valence-corrected chi connectivity index (χ4v) is 2.93. The maximum Gasteiger partial charge on any atom is 0.138 e. The number of imidazole rings is 1. The SMILES string of the molecule is Cc1ccc(C)n1-c1ccc(-c2nc3ccccc3[nH]2)cc1. The van der Waals surface area contributed by atoms with Crippen molar-refractivity contribution in [2.24, 2.45) is 0 Å². The van der Waals surface area contributed by atoms with Crippen LogP contribution in [0.4, 0.5) is 0 Å². The van der Waals surface area contributed by atoms with Crippen molar-refractivity contribution < 1.29 is 0 Å². The van der Waals surface area contributed by atoms with Gasteiger partial charge in [-0.2, -0.15) is 0 Å². The summed E-state index contributed by atoms with van der Waals surface area (Å²) < 4.78 is 2.25. The van der Waals surface area contributed by atoms with E-state index in [1.54, 1.807) is 0 Å². The number of para-hydroxylation sites is 2. The van der Waals surface area contributed by atoms with E-state index in [9.17, 15) is 0 Å². The molecule has 0 unspecified atom stereocenters. The highest BCUT2D eigenvalue weighted by Gasteiger charge is 2.07. The molecule has 2 aromatic heterocycles. The van der Waals surface area contributed by atoms with Gasteiger partial charge in [-0.3, -0.25) is 0 Å². The number of nitrogens with zero attached hydrogens (tertiary/aromatic N) is 2. The number of H-pyrrole nitrogens is 1. The molecule has 4 rings (SSSR count). The van der Waals surface area contributed by atoms with Gasteiger partial charge < -0.3 is 9.55 Å². The molecule has 3 nitrogen and oxygen atoms in total. The van der Waals surface area contributed by atoms with E-state index >= 15 is 0 Å². The molecule has 0 bridgehead atoms. The molecule has 0 spiro atoms. The monoisotopic (exact) mass is 287 g/mol. The number of hydrogen-bond donors (Lipinski definition) is 1. The Morgan fingerprint density at radius 1 is 0.818 bits per heavy atom. The lowest BCUT2D eigenvalue weighted by Gasteiger charge is -2.09. The Labute approximate surface area is 129 Å². The summed E-state index contributed by atoms with van der Waals surface area (Å²) in [6.07, 6.45) is 0. The summed E-state index contributed by atoms with van der Waals surface area (Å²) in [5.41, 5.74) is 6.84. The molecule has 22 heavy (non-hydrogen) atoms. The second-order valence-corrected chi connectivity index (χ2v) is 5.60. The summed E-state index contributed by atoms with van der Waals surface area (Å²) in [4.78, 5) is 8.02. The van der Waals surface area contributed by atoms with E-state index in [4.69, 9.17) is 0 Å². The van der Waals surface area contributed by atoms with Gasteiger partial charge in [0, 0.05) is 22.6 Å². The molecule has 0 aliphatic carbocycles. The van der Waals surface area contributed by atoms with Crippen molar-refractivity contribution in [1.82, 2.24) is 14.5 Å². The van der Waals surface area contributed by atoms with Gasteiger partial charge in [-0.05, 0) is 62.4 Å². The smallest absolute Gasteiger partial charge is 0.138 e. The first-order chi connectivity index (χ1) is 10.7. The van der Waals surface area contributed by atoms with Crippen LogP contribution in [0.25, 0.3) is 28.1 Å². The second-order valence-electron chi connectivity index (χ2n) is 5.60. The van der Waals surface area contributed by atoms with Gasteiger partial charge in [0.05, 0.1) is 11.0 Å². The van der Waals surface area contributed by atoms with Crippen LogP contribution in [0.2, 0.25) is 0 Å². The van der Waals surface area contributed by atoms with Gasteiger partial charge in [-0.15, -0.1) is 0 Å². The van der Waals surface area contributed by atoms with Crippen molar-refractivity contribution in [3.8, 4) is 17.1 Å². The van der Waals surface area contributed by atoms with Crippen molar-refractivity contribution >= 4 is 11.0 Å². The third-order valence-electron chi connectivity index (χ3n) is 4.06. The number of rotatable bonds is 2. The predicted molar refractivity (Wildman–Crippen MR) is 90.3 cm³/mol. The Hall–Kier alpha value is -2.81. The van der Waals surface area contributed by atoms with E-state index in [-0.39, 0.29) is 0 Å². The quantitative estimate of drug-likeness (QED) is 0.572. The number of benzene rings is 2. The molecule has 1 N–H and O–H groups in total. The van der Waals surface area contributed by atoms with Crippen LogP contribution in [0.5, 0.6) is 0 Å². The van der Waals surface area contributed by atoms with Crippen LogP contribution >= 0.6 is 0 Å². The highest BCUT2D eigenvalue weighted by Crippen LogP contribution is 2.23. The van der Waals surface area contributed by atoms with Crippen LogP contribution < -0.4 is 0 Å².